The van der Waals surface area contributed by atoms with Gasteiger partial charge in [0.1, 0.15) is 0 Å². The molecule has 2 aliphatic heterocycles. The normalized spacial score (nSPS) is 27.2. The van der Waals surface area contributed by atoms with E-state index in [9.17, 15) is 4.79 Å². The third-order valence-corrected chi connectivity index (χ3v) is 6.23. The van der Waals surface area contributed by atoms with Crippen molar-refractivity contribution in [2.24, 2.45) is 11.8 Å². The molecule has 2 aliphatic rings. The first-order valence-electron chi connectivity index (χ1n) is 8.23. The topological polar surface area (TPSA) is 32.3 Å². The number of nitrogens with zero attached hydrogens (tertiary/aromatic N) is 1. The molecule has 1 aromatic rings. The molecule has 1 aromatic heterocycles. The zero-order valence-corrected chi connectivity index (χ0v) is 13.9. The molecular formula is C17H26N2OS. The maximum Gasteiger partial charge on any atom is 0.223 e. The highest BCUT2D eigenvalue weighted by Gasteiger charge is 2.30. The summed E-state index contributed by atoms with van der Waals surface area (Å²) in [6, 6.07) is 2.45. The molecule has 0 radical (unpaired) electrons. The molecule has 0 saturated carbocycles. The number of carbonyl (C=O) groups excluding carboxylic acids is 1. The van der Waals surface area contributed by atoms with E-state index >= 15 is 0 Å². The first-order valence-corrected chi connectivity index (χ1v) is 9.11. The number of piperidine rings is 1. The van der Waals surface area contributed by atoms with E-state index < -0.39 is 0 Å². The van der Waals surface area contributed by atoms with Crippen LogP contribution >= 0.6 is 11.3 Å². The summed E-state index contributed by atoms with van der Waals surface area (Å²) < 4.78 is 0. The summed E-state index contributed by atoms with van der Waals surface area (Å²) in [5, 5.41) is 5.62. The van der Waals surface area contributed by atoms with Gasteiger partial charge in [-0.2, -0.15) is 0 Å². The fraction of sp³-hybridized carbons (Fsp3) is 0.706. The highest BCUT2D eigenvalue weighted by atomic mass is 32.1. The van der Waals surface area contributed by atoms with Gasteiger partial charge in [-0.1, -0.05) is 6.92 Å². The molecule has 3 rings (SSSR count). The number of hydrogen-bond acceptors (Lipinski definition) is 3. The molecule has 3 heterocycles. The number of hydrogen-bond donors (Lipinski definition) is 1. The van der Waals surface area contributed by atoms with Crippen molar-refractivity contribution in [3.63, 3.8) is 0 Å². The summed E-state index contributed by atoms with van der Waals surface area (Å²) >= 11 is 1.83. The number of fused-ring (bicyclic) bond motifs is 1. The molecule has 1 N–H and O–H groups in total. The van der Waals surface area contributed by atoms with E-state index in [0.29, 0.717) is 24.2 Å². The second-order valence-electron chi connectivity index (χ2n) is 6.60. The fourth-order valence-corrected chi connectivity index (χ4v) is 4.74. The Balaban J connectivity index is 1.60. The standard InChI is InChI=1S/C17H26N2OS/c1-12(14-4-3-7-18-11-14)10-17(20)19-8-5-16-15(13(19)2)6-9-21-16/h6,9,12-14,18H,3-5,7-8,10-11H2,1-2H3. The lowest BCUT2D eigenvalue weighted by atomic mass is 9.85. The predicted octanol–water partition coefficient (Wildman–Crippen LogP) is 3.22. The first-order chi connectivity index (χ1) is 10.2. The number of thiophene rings is 1. The third kappa shape index (κ3) is 3.16. The van der Waals surface area contributed by atoms with Gasteiger partial charge in [-0.3, -0.25) is 4.79 Å². The molecule has 0 bridgehead atoms. The van der Waals surface area contributed by atoms with E-state index in [4.69, 9.17) is 0 Å². The fourth-order valence-electron chi connectivity index (χ4n) is 3.77. The van der Waals surface area contributed by atoms with Gasteiger partial charge < -0.3 is 10.2 Å². The van der Waals surface area contributed by atoms with Crippen molar-refractivity contribution in [2.75, 3.05) is 19.6 Å². The maximum absolute atomic E-state index is 12.7. The zero-order valence-electron chi connectivity index (χ0n) is 13.1. The number of carbonyl (C=O) groups is 1. The molecule has 3 nitrogen and oxygen atoms in total. The molecule has 21 heavy (non-hydrogen) atoms. The quantitative estimate of drug-likeness (QED) is 0.930. The van der Waals surface area contributed by atoms with Gasteiger partial charge in [0.05, 0.1) is 6.04 Å². The summed E-state index contributed by atoms with van der Waals surface area (Å²) in [5.41, 5.74) is 1.37. The molecule has 0 aromatic carbocycles. The highest BCUT2D eigenvalue weighted by Crippen LogP contribution is 2.34. The van der Waals surface area contributed by atoms with Gasteiger partial charge in [-0.25, -0.2) is 0 Å². The van der Waals surface area contributed by atoms with Crippen LogP contribution in [0.1, 0.15) is 49.6 Å². The van der Waals surface area contributed by atoms with Crippen molar-refractivity contribution in [1.29, 1.82) is 0 Å². The number of rotatable bonds is 3. The molecule has 1 amide bonds. The van der Waals surface area contributed by atoms with Crippen molar-refractivity contribution in [1.82, 2.24) is 10.2 Å². The van der Waals surface area contributed by atoms with Crippen LogP contribution in [-0.4, -0.2) is 30.4 Å². The van der Waals surface area contributed by atoms with Crippen molar-refractivity contribution in [3.05, 3.63) is 21.9 Å². The smallest absolute Gasteiger partial charge is 0.223 e. The van der Waals surface area contributed by atoms with Crippen LogP contribution in [0.3, 0.4) is 0 Å². The SMILES string of the molecule is CC(CC(=O)N1CCc2sccc2C1C)C1CCCNC1. The minimum absolute atomic E-state index is 0.254. The van der Waals surface area contributed by atoms with Crippen molar-refractivity contribution < 1.29 is 4.79 Å². The Morgan fingerprint density at radius 1 is 1.57 bits per heavy atom. The van der Waals surface area contributed by atoms with Gasteiger partial charge in [0.2, 0.25) is 5.91 Å². The van der Waals surface area contributed by atoms with Crippen molar-refractivity contribution >= 4 is 17.2 Å². The summed E-state index contributed by atoms with van der Waals surface area (Å²) in [4.78, 5) is 16.3. The number of amides is 1. The molecule has 1 fully saturated rings. The van der Waals surface area contributed by atoms with E-state index in [2.05, 4.69) is 35.5 Å². The van der Waals surface area contributed by atoms with Crippen LogP contribution in [-0.2, 0) is 11.2 Å². The molecule has 4 heteroatoms. The van der Waals surface area contributed by atoms with Crippen LogP contribution in [0.4, 0.5) is 0 Å². The van der Waals surface area contributed by atoms with Crippen LogP contribution in [0.2, 0.25) is 0 Å². The second-order valence-corrected chi connectivity index (χ2v) is 7.60. The first kappa shape index (κ1) is 15.0. The monoisotopic (exact) mass is 306 g/mol. The Hall–Kier alpha value is -0.870. The lowest BCUT2D eigenvalue weighted by Crippen LogP contribution is -2.40. The Morgan fingerprint density at radius 3 is 3.19 bits per heavy atom. The van der Waals surface area contributed by atoms with Gasteiger partial charge in [0.25, 0.3) is 0 Å². The Labute approximate surface area is 131 Å². The van der Waals surface area contributed by atoms with Crippen molar-refractivity contribution in [3.8, 4) is 0 Å². The lowest BCUT2D eigenvalue weighted by Gasteiger charge is -2.35. The zero-order chi connectivity index (χ0) is 14.8. The van der Waals surface area contributed by atoms with Crippen LogP contribution in [0.15, 0.2) is 11.4 Å². The minimum atomic E-state index is 0.254. The minimum Gasteiger partial charge on any atom is -0.336 e. The van der Waals surface area contributed by atoms with E-state index in [0.717, 1.165) is 26.1 Å². The second kappa shape index (κ2) is 6.49. The van der Waals surface area contributed by atoms with Gasteiger partial charge in [0.15, 0.2) is 0 Å². The molecular weight excluding hydrogens is 280 g/mol. The van der Waals surface area contributed by atoms with E-state index in [1.165, 1.54) is 23.3 Å². The molecule has 116 valence electrons. The van der Waals surface area contributed by atoms with Crippen LogP contribution < -0.4 is 5.32 Å². The van der Waals surface area contributed by atoms with E-state index in [-0.39, 0.29) is 6.04 Å². The van der Waals surface area contributed by atoms with E-state index in [1.54, 1.807) is 0 Å². The Morgan fingerprint density at radius 2 is 2.43 bits per heavy atom. The third-order valence-electron chi connectivity index (χ3n) is 5.23. The average Bonchev–Trinajstić information content (AvgIpc) is 2.98. The van der Waals surface area contributed by atoms with Crippen molar-refractivity contribution in [2.45, 2.75) is 45.6 Å². The average molecular weight is 306 g/mol. The predicted molar refractivity (Wildman–Crippen MR) is 87.5 cm³/mol. The van der Waals surface area contributed by atoms with Crippen LogP contribution in [0.25, 0.3) is 0 Å². The van der Waals surface area contributed by atoms with Gasteiger partial charge >= 0.3 is 0 Å². The van der Waals surface area contributed by atoms with Gasteiger partial charge in [-0.05, 0) is 68.1 Å². The summed E-state index contributed by atoms with van der Waals surface area (Å²) in [5.74, 6) is 1.50. The van der Waals surface area contributed by atoms with E-state index in [1.807, 2.05) is 11.3 Å². The maximum atomic E-state index is 12.7. The Bertz CT molecular complexity index is 493. The van der Waals surface area contributed by atoms with Gasteiger partial charge in [-0.15, -0.1) is 11.3 Å². The number of nitrogens with one attached hydrogen (secondary N) is 1. The largest absolute Gasteiger partial charge is 0.336 e. The van der Waals surface area contributed by atoms with Crippen LogP contribution in [0.5, 0.6) is 0 Å². The summed E-state index contributed by atoms with van der Waals surface area (Å²) in [6.07, 6.45) is 4.26. The molecule has 3 atom stereocenters. The summed E-state index contributed by atoms with van der Waals surface area (Å²) in [6.45, 7) is 7.54. The molecule has 0 spiro atoms. The summed E-state index contributed by atoms with van der Waals surface area (Å²) in [7, 11) is 0. The highest BCUT2D eigenvalue weighted by molar-refractivity contribution is 7.10. The lowest BCUT2D eigenvalue weighted by molar-refractivity contribution is -0.135. The van der Waals surface area contributed by atoms with Crippen LogP contribution in [0, 0.1) is 11.8 Å². The van der Waals surface area contributed by atoms with Gasteiger partial charge in [0, 0.05) is 17.8 Å². The molecule has 3 unspecified atom stereocenters. The Kier molecular flexibility index (Phi) is 4.65. The molecule has 1 saturated heterocycles. The molecule has 0 aliphatic carbocycles.